The molecule has 1 aromatic heterocycles. The van der Waals surface area contributed by atoms with Crippen LogP contribution in [0.1, 0.15) is 18.5 Å². The molecule has 0 bridgehead atoms. The number of aromatic nitrogens is 1. The van der Waals surface area contributed by atoms with Gasteiger partial charge in [-0.15, -0.1) is 0 Å². The maximum Gasteiger partial charge on any atom is 0.192 e. The van der Waals surface area contributed by atoms with Gasteiger partial charge in [-0.05, 0) is 36.8 Å². The van der Waals surface area contributed by atoms with Crippen LogP contribution in [0, 0.1) is 5.82 Å². The summed E-state index contributed by atoms with van der Waals surface area (Å²) < 4.78 is 35.7. The second-order valence-corrected chi connectivity index (χ2v) is 6.54. The Morgan fingerprint density at radius 2 is 2.00 bits per heavy atom. The summed E-state index contributed by atoms with van der Waals surface area (Å²) in [7, 11) is -3.29. The van der Waals surface area contributed by atoms with Crippen LogP contribution in [0.15, 0.2) is 47.6 Å². The summed E-state index contributed by atoms with van der Waals surface area (Å²) in [5, 5.41) is 3.17. The van der Waals surface area contributed by atoms with Crippen LogP contribution in [0.3, 0.4) is 0 Å². The van der Waals surface area contributed by atoms with E-state index in [0.29, 0.717) is 5.69 Å². The zero-order valence-electron chi connectivity index (χ0n) is 11.2. The van der Waals surface area contributed by atoms with Crippen LogP contribution in [0.5, 0.6) is 0 Å². The number of nitrogens with one attached hydrogen (secondary N) is 1. The first kappa shape index (κ1) is 14.5. The van der Waals surface area contributed by atoms with Gasteiger partial charge < -0.3 is 5.32 Å². The number of sulfone groups is 1. The number of benzene rings is 1. The highest BCUT2D eigenvalue weighted by Gasteiger charge is 2.10. The lowest BCUT2D eigenvalue weighted by atomic mass is 10.1. The van der Waals surface area contributed by atoms with Crippen LogP contribution in [-0.4, -0.2) is 19.7 Å². The topological polar surface area (TPSA) is 59.1 Å². The molecule has 0 amide bonds. The zero-order valence-corrected chi connectivity index (χ0v) is 12.0. The third-order valence-corrected chi connectivity index (χ3v) is 3.85. The van der Waals surface area contributed by atoms with Crippen molar-refractivity contribution < 1.29 is 12.8 Å². The number of hydrogen-bond donors (Lipinski definition) is 1. The Labute approximate surface area is 117 Å². The SMILES string of the molecule is CC(Nc1ccc(S(C)(=O)=O)nc1)c1cccc(F)c1. The van der Waals surface area contributed by atoms with Crippen molar-refractivity contribution in [2.24, 2.45) is 0 Å². The maximum absolute atomic E-state index is 13.1. The Bertz CT molecular complexity index is 699. The standard InChI is InChI=1S/C14H15FN2O2S/c1-10(11-4-3-5-12(15)8-11)17-13-6-7-14(16-9-13)20(2,18)19/h3-10,17H,1-2H3. The Morgan fingerprint density at radius 1 is 1.25 bits per heavy atom. The molecule has 2 rings (SSSR count). The first-order valence-corrected chi connectivity index (χ1v) is 7.93. The molecule has 1 atom stereocenters. The van der Waals surface area contributed by atoms with E-state index in [1.165, 1.54) is 24.4 Å². The van der Waals surface area contributed by atoms with Crippen molar-refractivity contribution in [1.29, 1.82) is 0 Å². The average molecular weight is 294 g/mol. The highest BCUT2D eigenvalue weighted by molar-refractivity contribution is 7.90. The van der Waals surface area contributed by atoms with Crippen molar-refractivity contribution in [3.63, 3.8) is 0 Å². The fourth-order valence-electron chi connectivity index (χ4n) is 1.79. The van der Waals surface area contributed by atoms with Crippen LogP contribution < -0.4 is 5.32 Å². The zero-order chi connectivity index (χ0) is 14.8. The molecule has 0 saturated carbocycles. The van der Waals surface area contributed by atoms with Gasteiger partial charge in [-0.3, -0.25) is 0 Å². The van der Waals surface area contributed by atoms with Gasteiger partial charge in [0, 0.05) is 12.3 Å². The second kappa shape index (κ2) is 5.58. The molecule has 20 heavy (non-hydrogen) atoms. The number of hydrogen-bond acceptors (Lipinski definition) is 4. The lowest BCUT2D eigenvalue weighted by Gasteiger charge is -2.15. The van der Waals surface area contributed by atoms with E-state index in [1.807, 2.05) is 13.0 Å². The minimum Gasteiger partial charge on any atom is -0.377 e. The number of nitrogens with zero attached hydrogens (tertiary/aromatic N) is 1. The molecule has 2 aromatic rings. The average Bonchev–Trinajstić information content (AvgIpc) is 2.38. The van der Waals surface area contributed by atoms with E-state index in [2.05, 4.69) is 10.3 Å². The fraction of sp³-hybridized carbons (Fsp3) is 0.214. The Kier molecular flexibility index (Phi) is 4.04. The van der Waals surface area contributed by atoms with Crippen molar-refractivity contribution >= 4 is 15.5 Å². The molecule has 0 aliphatic rings. The summed E-state index contributed by atoms with van der Waals surface area (Å²) >= 11 is 0. The van der Waals surface area contributed by atoms with Crippen LogP contribution in [0.25, 0.3) is 0 Å². The monoisotopic (exact) mass is 294 g/mol. The number of halogens is 1. The molecule has 1 N–H and O–H groups in total. The molecule has 1 aromatic carbocycles. The van der Waals surface area contributed by atoms with E-state index in [0.717, 1.165) is 11.8 Å². The van der Waals surface area contributed by atoms with Gasteiger partial charge >= 0.3 is 0 Å². The summed E-state index contributed by atoms with van der Waals surface area (Å²) in [5.74, 6) is -0.290. The van der Waals surface area contributed by atoms with E-state index >= 15 is 0 Å². The highest BCUT2D eigenvalue weighted by Crippen LogP contribution is 2.20. The van der Waals surface area contributed by atoms with Crippen molar-refractivity contribution in [2.75, 3.05) is 11.6 Å². The normalized spacial score (nSPS) is 12.9. The number of anilines is 1. The molecule has 0 aliphatic carbocycles. The van der Waals surface area contributed by atoms with Crippen LogP contribution >= 0.6 is 0 Å². The lowest BCUT2D eigenvalue weighted by molar-refractivity contribution is 0.598. The number of rotatable bonds is 4. The molecule has 0 spiro atoms. The number of pyridine rings is 1. The van der Waals surface area contributed by atoms with Gasteiger partial charge in [0.15, 0.2) is 14.9 Å². The van der Waals surface area contributed by atoms with Gasteiger partial charge in [0.2, 0.25) is 0 Å². The van der Waals surface area contributed by atoms with Crippen molar-refractivity contribution in [3.05, 3.63) is 54.0 Å². The molecule has 106 valence electrons. The largest absolute Gasteiger partial charge is 0.377 e. The van der Waals surface area contributed by atoms with Crippen molar-refractivity contribution in [1.82, 2.24) is 4.98 Å². The van der Waals surface area contributed by atoms with E-state index in [4.69, 9.17) is 0 Å². The molecule has 0 radical (unpaired) electrons. The van der Waals surface area contributed by atoms with Crippen LogP contribution in [0.4, 0.5) is 10.1 Å². The molecule has 0 fully saturated rings. The van der Waals surface area contributed by atoms with Crippen LogP contribution in [-0.2, 0) is 9.84 Å². The fourth-order valence-corrected chi connectivity index (χ4v) is 2.35. The van der Waals surface area contributed by atoms with Gasteiger partial charge in [-0.25, -0.2) is 17.8 Å². The summed E-state index contributed by atoms with van der Waals surface area (Å²) in [6.45, 7) is 1.89. The first-order valence-electron chi connectivity index (χ1n) is 6.04. The quantitative estimate of drug-likeness (QED) is 0.942. The third kappa shape index (κ3) is 3.54. The summed E-state index contributed by atoms with van der Waals surface area (Å²) in [5.41, 5.74) is 1.48. The Balaban J connectivity index is 2.14. The molecule has 0 saturated heterocycles. The van der Waals surface area contributed by atoms with E-state index in [1.54, 1.807) is 12.1 Å². The van der Waals surface area contributed by atoms with Gasteiger partial charge in [0.25, 0.3) is 0 Å². The van der Waals surface area contributed by atoms with E-state index in [9.17, 15) is 12.8 Å². The molecule has 1 unspecified atom stereocenters. The van der Waals surface area contributed by atoms with Gasteiger partial charge in [0.1, 0.15) is 5.82 Å². The van der Waals surface area contributed by atoms with E-state index < -0.39 is 9.84 Å². The van der Waals surface area contributed by atoms with Crippen molar-refractivity contribution in [2.45, 2.75) is 18.0 Å². The second-order valence-electron chi connectivity index (χ2n) is 4.58. The third-order valence-electron chi connectivity index (χ3n) is 2.85. The highest BCUT2D eigenvalue weighted by atomic mass is 32.2. The van der Waals surface area contributed by atoms with Crippen molar-refractivity contribution in [3.8, 4) is 0 Å². The van der Waals surface area contributed by atoms with Crippen LogP contribution in [0.2, 0.25) is 0 Å². The minimum absolute atomic E-state index is 0.0291. The van der Waals surface area contributed by atoms with Gasteiger partial charge in [-0.1, -0.05) is 12.1 Å². The first-order chi connectivity index (χ1) is 9.36. The van der Waals surface area contributed by atoms with E-state index in [-0.39, 0.29) is 16.9 Å². The predicted molar refractivity (Wildman–Crippen MR) is 75.8 cm³/mol. The molecular weight excluding hydrogens is 279 g/mol. The summed E-state index contributed by atoms with van der Waals surface area (Å²) in [6.07, 6.45) is 2.56. The maximum atomic E-state index is 13.1. The van der Waals surface area contributed by atoms with Gasteiger partial charge in [0.05, 0.1) is 11.9 Å². The smallest absolute Gasteiger partial charge is 0.192 e. The van der Waals surface area contributed by atoms with Gasteiger partial charge in [-0.2, -0.15) is 0 Å². The molecule has 0 aliphatic heterocycles. The Hall–Kier alpha value is -1.95. The lowest BCUT2D eigenvalue weighted by Crippen LogP contribution is -2.08. The molecule has 1 heterocycles. The predicted octanol–water partition coefficient (Wildman–Crippen LogP) is 2.80. The molecule has 6 heteroatoms. The Morgan fingerprint density at radius 3 is 2.55 bits per heavy atom. The summed E-state index contributed by atoms with van der Waals surface area (Å²) in [4.78, 5) is 3.89. The molecular formula is C14H15FN2O2S. The molecule has 4 nitrogen and oxygen atoms in total. The minimum atomic E-state index is -3.29. The summed E-state index contributed by atoms with van der Waals surface area (Å²) in [6, 6.07) is 9.27.